The van der Waals surface area contributed by atoms with Gasteiger partial charge in [-0.1, -0.05) is 42.5 Å². The van der Waals surface area contributed by atoms with Gasteiger partial charge in [-0.25, -0.2) is 4.98 Å². The molecule has 142 valence electrons. The van der Waals surface area contributed by atoms with Crippen LogP contribution in [0.2, 0.25) is 0 Å². The first kappa shape index (κ1) is 18.4. The summed E-state index contributed by atoms with van der Waals surface area (Å²) < 4.78 is 5.11. The van der Waals surface area contributed by atoms with Crippen LogP contribution in [0.15, 0.2) is 60.1 Å². The lowest BCUT2D eigenvalue weighted by Gasteiger charge is -2.02. The highest BCUT2D eigenvalue weighted by molar-refractivity contribution is 7.14. The summed E-state index contributed by atoms with van der Waals surface area (Å²) in [4.78, 5) is 20.2. The van der Waals surface area contributed by atoms with E-state index >= 15 is 0 Å². The molecule has 4 rings (SSSR count). The minimum atomic E-state index is -0.0689. The minimum absolute atomic E-state index is 0.0689. The number of para-hydroxylation sites is 1. The van der Waals surface area contributed by atoms with Gasteiger partial charge in [0, 0.05) is 35.2 Å². The van der Waals surface area contributed by atoms with Crippen molar-refractivity contribution in [1.82, 2.24) is 9.97 Å². The van der Waals surface area contributed by atoms with Gasteiger partial charge in [0.2, 0.25) is 5.91 Å². The average molecular weight is 391 g/mol. The Morgan fingerprint density at radius 3 is 2.82 bits per heavy atom. The normalized spacial score (nSPS) is 11.0. The lowest BCUT2D eigenvalue weighted by molar-refractivity contribution is -0.115. The Morgan fingerprint density at radius 1 is 1.18 bits per heavy atom. The minimum Gasteiger partial charge on any atom is -0.384 e. The van der Waals surface area contributed by atoms with E-state index in [4.69, 9.17) is 4.74 Å². The van der Waals surface area contributed by atoms with Crippen LogP contribution in [0.25, 0.3) is 22.2 Å². The molecule has 0 unspecified atom stereocenters. The van der Waals surface area contributed by atoms with Gasteiger partial charge < -0.3 is 15.0 Å². The molecule has 0 fully saturated rings. The van der Waals surface area contributed by atoms with Crippen LogP contribution >= 0.6 is 11.3 Å². The predicted molar refractivity (Wildman–Crippen MR) is 114 cm³/mol. The van der Waals surface area contributed by atoms with Gasteiger partial charge in [0.25, 0.3) is 0 Å². The zero-order chi connectivity index (χ0) is 19.3. The van der Waals surface area contributed by atoms with Crippen LogP contribution < -0.4 is 5.32 Å². The van der Waals surface area contributed by atoms with E-state index in [1.54, 1.807) is 7.11 Å². The third-order valence-electron chi connectivity index (χ3n) is 4.62. The molecule has 4 aromatic rings. The number of thiazole rings is 1. The number of carbonyl (C=O) groups excluding carboxylic acids is 1. The summed E-state index contributed by atoms with van der Waals surface area (Å²) in [6, 6.07) is 16.3. The fraction of sp³-hybridized carbons (Fsp3) is 0.182. The van der Waals surface area contributed by atoms with Crippen molar-refractivity contribution in [1.29, 1.82) is 0 Å². The molecule has 1 amide bonds. The molecule has 0 spiro atoms. The molecular weight excluding hydrogens is 370 g/mol. The molecule has 0 aliphatic heterocycles. The topological polar surface area (TPSA) is 67.0 Å². The Morgan fingerprint density at radius 2 is 2.00 bits per heavy atom. The largest absolute Gasteiger partial charge is 0.384 e. The van der Waals surface area contributed by atoms with E-state index in [1.165, 1.54) is 16.9 Å². The number of aromatic amines is 1. The van der Waals surface area contributed by atoms with Crippen molar-refractivity contribution in [2.24, 2.45) is 0 Å². The van der Waals surface area contributed by atoms with Crippen molar-refractivity contribution >= 4 is 33.3 Å². The van der Waals surface area contributed by atoms with Gasteiger partial charge in [0.1, 0.15) is 0 Å². The van der Waals surface area contributed by atoms with Gasteiger partial charge in [-0.15, -0.1) is 11.3 Å². The zero-order valence-corrected chi connectivity index (χ0v) is 16.4. The first-order valence-electron chi connectivity index (χ1n) is 9.11. The first-order valence-corrected chi connectivity index (χ1v) is 9.99. The SMILES string of the molecule is COCCc1ccc(-c2csc(NC(=O)Cc3c[nH]c4ccccc34)n2)cc1. The van der Waals surface area contributed by atoms with Crippen LogP contribution in [0.1, 0.15) is 11.1 Å². The number of methoxy groups -OCH3 is 1. The van der Waals surface area contributed by atoms with E-state index < -0.39 is 0 Å². The highest BCUT2D eigenvalue weighted by Gasteiger charge is 2.11. The number of fused-ring (bicyclic) bond motifs is 1. The lowest BCUT2D eigenvalue weighted by Crippen LogP contribution is -2.14. The molecule has 28 heavy (non-hydrogen) atoms. The summed E-state index contributed by atoms with van der Waals surface area (Å²) in [7, 11) is 1.71. The number of hydrogen-bond acceptors (Lipinski definition) is 4. The quantitative estimate of drug-likeness (QED) is 0.481. The van der Waals surface area contributed by atoms with Crippen molar-refractivity contribution in [3.8, 4) is 11.3 Å². The Kier molecular flexibility index (Phi) is 5.50. The first-order chi connectivity index (χ1) is 13.7. The van der Waals surface area contributed by atoms with Crippen molar-refractivity contribution in [3.63, 3.8) is 0 Å². The monoisotopic (exact) mass is 391 g/mol. The summed E-state index contributed by atoms with van der Waals surface area (Å²) in [5, 5.41) is 6.57. The van der Waals surface area contributed by atoms with Crippen molar-refractivity contribution in [2.45, 2.75) is 12.8 Å². The van der Waals surface area contributed by atoms with E-state index in [0.717, 1.165) is 34.1 Å². The van der Waals surface area contributed by atoms with Crippen LogP contribution in [0.3, 0.4) is 0 Å². The van der Waals surface area contributed by atoms with Crippen LogP contribution in [0.4, 0.5) is 5.13 Å². The highest BCUT2D eigenvalue weighted by atomic mass is 32.1. The number of H-pyrrole nitrogens is 1. The number of aromatic nitrogens is 2. The third kappa shape index (κ3) is 4.13. The van der Waals surface area contributed by atoms with Gasteiger partial charge in [-0.05, 0) is 23.6 Å². The molecule has 2 aromatic carbocycles. The second-order valence-corrected chi connectivity index (χ2v) is 7.42. The van der Waals surface area contributed by atoms with Crippen molar-refractivity contribution < 1.29 is 9.53 Å². The standard InChI is InChI=1S/C22H21N3O2S/c1-27-11-10-15-6-8-16(9-7-15)20-14-28-22(24-20)25-21(26)12-17-13-23-19-5-3-2-4-18(17)19/h2-9,13-14,23H,10-12H2,1H3,(H,24,25,26). The average Bonchev–Trinajstić information content (AvgIpc) is 3.34. The summed E-state index contributed by atoms with van der Waals surface area (Å²) in [5.41, 5.74) is 5.15. The van der Waals surface area contributed by atoms with E-state index in [2.05, 4.69) is 39.6 Å². The maximum Gasteiger partial charge on any atom is 0.230 e. The van der Waals surface area contributed by atoms with Gasteiger partial charge in [0.05, 0.1) is 18.7 Å². The molecule has 0 bridgehead atoms. The smallest absolute Gasteiger partial charge is 0.230 e. The molecular formula is C22H21N3O2S. The second-order valence-electron chi connectivity index (χ2n) is 6.56. The number of ether oxygens (including phenoxy) is 1. The molecule has 0 atom stereocenters. The fourth-order valence-corrected chi connectivity index (χ4v) is 3.88. The van der Waals surface area contributed by atoms with Crippen LogP contribution in [-0.2, 0) is 22.4 Å². The number of nitrogens with zero attached hydrogens (tertiary/aromatic N) is 1. The number of hydrogen-bond donors (Lipinski definition) is 2. The number of amides is 1. The summed E-state index contributed by atoms with van der Waals surface area (Å²) in [6.45, 7) is 0.711. The van der Waals surface area contributed by atoms with Gasteiger partial charge in [-0.3, -0.25) is 4.79 Å². The molecule has 0 saturated carbocycles. The number of carbonyl (C=O) groups is 1. The molecule has 0 saturated heterocycles. The summed E-state index contributed by atoms with van der Waals surface area (Å²) in [6.07, 6.45) is 3.10. The third-order valence-corrected chi connectivity index (χ3v) is 5.38. The Bertz CT molecular complexity index is 1080. The molecule has 6 heteroatoms. The van der Waals surface area contributed by atoms with Gasteiger partial charge in [0.15, 0.2) is 5.13 Å². The molecule has 0 radical (unpaired) electrons. The van der Waals surface area contributed by atoms with Crippen LogP contribution in [0.5, 0.6) is 0 Å². The fourth-order valence-electron chi connectivity index (χ4n) is 3.14. The maximum atomic E-state index is 12.4. The number of rotatable bonds is 7. The Labute approximate surface area is 167 Å². The molecule has 2 N–H and O–H groups in total. The van der Waals surface area contributed by atoms with Crippen molar-refractivity contribution in [3.05, 3.63) is 71.2 Å². The van der Waals surface area contributed by atoms with Crippen molar-refractivity contribution in [2.75, 3.05) is 19.0 Å². The zero-order valence-electron chi connectivity index (χ0n) is 15.6. The molecule has 2 aromatic heterocycles. The van der Waals surface area contributed by atoms with E-state index in [-0.39, 0.29) is 5.91 Å². The Hall–Kier alpha value is -2.96. The van der Waals surface area contributed by atoms with Gasteiger partial charge in [-0.2, -0.15) is 0 Å². The van der Waals surface area contributed by atoms with Gasteiger partial charge >= 0.3 is 0 Å². The Balaban J connectivity index is 1.41. The van der Waals surface area contributed by atoms with Crippen LogP contribution in [0, 0.1) is 0 Å². The number of benzene rings is 2. The molecule has 2 heterocycles. The predicted octanol–water partition coefficient (Wildman–Crippen LogP) is 4.66. The maximum absolute atomic E-state index is 12.4. The van der Waals surface area contributed by atoms with Crippen LogP contribution in [-0.4, -0.2) is 29.6 Å². The van der Waals surface area contributed by atoms with E-state index in [0.29, 0.717) is 18.2 Å². The molecule has 0 aliphatic carbocycles. The van der Waals surface area contributed by atoms with E-state index in [9.17, 15) is 4.79 Å². The lowest BCUT2D eigenvalue weighted by atomic mass is 10.1. The highest BCUT2D eigenvalue weighted by Crippen LogP contribution is 2.26. The number of anilines is 1. The summed E-state index contributed by atoms with van der Waals surface area (Å²) >= 11 is 1.44. The molecule has 5 nitrogen and oxygen atoms in total. The second kappa shape index (κ2) is 8.37. The number of nitrogens with one attached hydrogen (secondary N) is 2. The molecule has 0 aliphatic rings. The van der Waals surface area contributed by atoms with E-state index in [1.807, 2.05) is 35.8 Å². The summed E-state index contributed by atoms with van der Waals surface area (Å²) in [5.74, 6) is -0.0689.